The molecule has 0 aromatic rings. The van der Waals surface area contributed by atoms with E-state index in [1.165, 1.54) is 12.8 Å². The minimum atomic E-state index is -3.10. The lowest BCUT2D eigenvalue weighted by molar-refractivity contribution is 0.407. The van der Waals surface area contributed by atoms with Crippen LogP contribution in [0.5, 0.6) is 0 Å². The summed E-state index contributed by atoms with van der Waals surface area (Å²) in [5, 5.41) is 3.22. The Labute approximate surface area is 97.6 Å². The maximum absolute atomic E-state index is 11.7. The molecule has 1 unspecified atom stereocenters. The highest BCUT2D eigenvalue weighted by Gasteiger charge is 2.25. The molecule has 0 amide bonds. The topological polar surface area (TPSA) is 61.4 Å². The number of likely N-dealkylation sites (N-methyl/N-ethyl adjacent to an activating group) is 1. The van der Waals surface area contributed by atoms with Crippen LogP contribution in [-0.4, -0.2) is 57.8 Å². The van der Waals surface area contributed by atoms with Crippen molar-refractivity contribution in [2.24, 2.45) is 0 Å². The predicted octanol–water partition coefficient (Wildman–Crippen LogP) is -0.638. The maximum Gasteiger partial charge on any atom is 0.213 e. The van der Waals surface area contributed by atoms with Gasteiger partial charge in [-0.1, -0.05) is 0 Å². The van der Waals surface area contributed by atoms with Crippen LogP contribution < -0.4 is 10.0 Å². The summed E-state index contributed by atoms with van der Waals surface area (Å²) in [6, 6.07) is 0.684. The first-order valence-corrected chi connectivity index (χ1v) is 7.62. The number of sulfonamides is 1. The van der Waals surface area contributed by atoms with Gasteiger partial charge in [-0.3, -0.25) is 0 Å². The van der Waals surface area contributed by atoms with Crippen molar-refractivity contribution in [3.8, 4) is 0 Å². The van der Waals surface area contributed by atoms with E-state index in [-0.39, 0.29) is 11.8 Å². The number of likely N-dealkylation sites (tertiary alicyclic amines) is 1. The fraction of sp³-hybridized carbons (Fsp3) is 1.00. The van der Waals surface area contributed by atoms with Gasteiger partial charge in [0.15, 0.2) is 0 Å². The SMILES string of the molecule is CN1CCC(NS(=O)(=O)CCNC2CC2)C1. The van der Waals surface area contributed by atoms with Gasteiger partial charge in [0.25, 0.3) is 0 Å². The zero-order valence-corrected chi connectivity index (χ0v) is 10.6. The van der Waals surface area contributed by atoms with Gasteiger partial charge in [0, 0.05) is 25.2 Å². The summed E-state index contributed by atoms with van der Waals surface area (Å²) < 4.78 is 26.2. The van der Waals surface area contributed by atoms with Crippen LogP contribution in [0, 0.1) is 0 Å². The lowest BCUT2D eigenvalue weighted by Gasteiger charge is -2.13. The summed E-state index contributed by atoms with van der Waals surface area (Å²) in [7, 11) is -1.08. The molecular formula is C10H21N3O2S. The van der Waals surface area contributed by atoms with E-state index in [1.807, 2.05) is 7.05 Å². The molecule has 0 radical (unpaired) electrons. The predicted molar refractivity (Wildman–Crippen MR) is 63.8 cm³/mol. The smallest absolute Gasteiger partial charge is 0.213 e. The van der Waals surface area contributed by atoms with Crippen molar-refractivity contribution < 1.29 is 8.42 Å². The number of nitrogens with zero attached hydrogens (tertiary/aromatic N) is 1. The minimum Gasteiger partial charge on any atom is -0.313 e. The minimum absolute atomic E-state index is 0.107. The Kier molecular flexibility index (Phi) is 3.84. The molecule has 6 heteroatoms. The second-order valence-corrected chi connectivity index (χ2v) is 6.79. The summed E-state index contributed by atoms with van der Waals surface area (Å²) in [6.45, 7) is 2.38. The third-order valence-electron chi connectivity index (χ3n) is 3.12. The van der Waals surface area contributed by atoms with E-state index in [0.717, 1.165) is 19.5 Å². The maximum atomic E-state index is 11.7. The van der Waals surface area contributed by atoms with Gasteiger partial charge >= 0.3 is 0 Å². The van der Waals surface area contributed by atoms with Gasteiger partial charge in [-0.15, -0.1) is 0 Å². The van der Waals surface area contributed by atoms with Gasteiger partial charge < -0.3 is 10.2 Å². The molecule has 94 valence electrons. The third kappa shape index (κ3) is 4.01. The fourth-order valence-corrected chi connectivity index (χ4v) is 3.23. The van der Waals surface area contributed by atoms with E-state index in [0.29, 0.717) is 12.6 Å². The van der Waals surface area contributed by atoms with Gasteiger partial charge in [-0.25, -0.2) is 13.1 Å². The summed E-state index contributed by atoms with van der Waals surface area (Å²) in [5.41, 5.74) is 0. The monoisotopic (exact) mass is 247 g/mol. The van der Waals surface area contributed by atoms with Crippen LogP contribution in [0.1, 0.15) is 19.3 Å². The van der Waals surface area contributed by atoms with Crippen LogP contribution in [0.15, 0.2) is 0 Å². The summed E-state index contributed by atoms with van der Waals surface area (Å²) in [5.74, 6) is 0.198. The van der Waals surface area contributed by atoms with Crippen LogP contribution in [0.3, 0.4) is 0 Å². The molecule has 0 aromatic heterocycles. The molecule has 1 heterocycles. The standard InChI is InChI=1S/C10H21N3O2S/c1-13-6-4-10(8-13)12-16(14,15)7-5-11-9-2-3-9/h9-12H,2-8H2,1H3. The Morgan fingerprint density at radius 1 is 1.25 bits per heavy atom. The summed E-state index contributed by atoms with van der Waals surface area (Å²) in [6.07, 6.45) is 3.31. The van der Waals surface area contributed by atoms with Crippen LogP contribution >= 0.6 is 0 Å². The molecule has 1 aliphatic heterocycles. The van der Waals surface area contributed by atoms with Crippen LogP contribution in [0.25, 0.3) is 0 Å². The van der Waals surface area contributed by atoms with E-state index in [9.17, 15) is 8.42 Å². The van der Waals surface area contributed by atoms with Crippen LogP contribution in [0.2, 0.25) is 0 Å². The number of hydrogen-bond donors (Lipinski definition) is 2. The first-order valence-electron chi connectivity index (χ1n) is 5.97. The van der Waals surface area contributed by atoms with Crippen molar-refractivity contribution in [1.82, 2.24) is 14.9 Å². The van der Waals surface area contributed by atoms with Gasteiger partial charge in [0.2, 0.25) is 10.0 Å². The van der Waals surface area contributed by atoms with E-state index >= 15 is 0 Å². The van der Waals surface area contributed by atoms with Gasteiger partial charge in [0.05, 0.1) is 5.75 Å². The molecule has 2 fully saturated rings. The Morgan fingerprint density at radius 3 is 2.56 bits per heavy atom. The average Bonchev–Trinajstić information content (AvgIpc) is 2.90. The zero-order valence-electron chi connectivity index (χ0n) is 9.78. The van der Waals surface area contributed by atoms with Crippen molar-refractivity contribution in [2.45, 2.75) is 31.3 Å². The zero-order chi connectivity index (χ0) is 11.6. The van der Waals surface area contributed by atoms with Gasteiger partial charge in [-0.05, 0) is 32.9 Å². The molecule has 1 saturated heterocycles. The number of hydrogen-bond acceptors (Lipinski definition) is 4. The summed E-state index contributed by atoms with van der Waals surface area (Å²) in [4.78, 5) is 2.15. The summed E-state index contributed by atoms with van der Waals surface area (Å²) >= 11 is 0. The molecule has 1 saturated carbocycles. The molecular weight excluding hydrogens is 226 g/mol. The van der Waals surface area contributed by atoms with E-state index in [4.69, 9.17) is 0 Å². The Morgan fingerprint density at radius 2 is 2.00 bits per heavy atom. The van der Waals surface area contributed by atoms with Gasteiger partial charge in [-0.2, -0.15) is 0 Å². The molecule has 2 aliphatic rings. The lowest BCUT2D eigenvalue weighted by Crippen LogP contribution is -2.40. The van der Waals surface area contributed by atoms with Crippen LogP contribution in [-0.2, 0) is 10.0 Å². The molecule has 0 spiro atoms. The van der Waals surface area contributed by atoms with Gasteiger partial charge in [0.1, 0.15) is 0 Å². The molecule has 2 rings (SSSR count). The Balaban J connectivity index is 1.69. The quantitative estimate of drug-likeness (QED) is 0.655. The second kappa shape index (κ2) is 5.00. The van der Waals surface area contributed by atoms with Crippen molar-refractivity contribution in [1.29, 1.82) is 0 Å². The molecule has 2 N–H and O–H groups in total. The molecule has 1 aliphatic carbocycles. The van der Waals surface area contributed by atoms with E-state index in [1.54, 1.807) is 0 Å². The molecule has 16 heavy (non-hydrogen) atoms. The van der Waals surface area contributed by atoms with Crippen LogP contribution in [0.4, 0.5) is 0 Å². The second-order valence-electron chi connectivity index (χ2n) is 4.91. The van der Waals surface area contributed by atoms with Crippen molar-refractivity contribution >= 4 is 10.0 Å². The highest BCUT2D eigenvalue weighted by atomic mass is 32.2. The molecule has 1 atom stereocenters. The van der Waals surface area contributed by atoms with E-state index in [2.05, 4.69) is 14.9 Å². The number of nitrogens with one attached hydrogen (secondary N) is 2. The Bertz CT molecular complexity index is 327. The fourth-order valence-electron chi connectivity index (χ4n) is 2.03. The highest BCUT2D eigenvalue weighted by Crippen LogP contribution is 2.18. The van der Waals surface area contributed by atoms with Crippen molar-refractivity contribution in [3.63, 3.8) is 0 Å². The average molecular weight is 247 g/mol. The van der Waals surface area contributed by atoms with Crippen molar-refractivity contribution in [2.75, 3.05) is 32.4 Å². The normalized spacial score (nSPS) is 27.4. The molecule has 0 aromatic carbocycles. The highest BCUT2D eigenvalue weighted by molar-refractivity contribution is 7.89. The molecule has 5 nitrogen and oxygen atoms in total. The Hall–Kier alpha value is -0.170. The van der Waals surface area contributed by atoms with E-state index < -0.39 is 10.0 Å². The first-order chi connectivity index (χ1) is 7.55. The first kappa shape index (κ1) is 12.3. The number of rotatable bonds is 6. The molecule has 0 bridgehead atoms. The third-order valence-corrected chi connectivity index (χ3v) is 4.55. The van der Waals surface area contributed by atoms with Crippen molar-refractivity contribution in [3.05, 3.63) is 0 Å². The largest absolute Gasteiger partial charge is 0.313 e. The lowest BCUT2D eigenvalue weighted by atomic mass is 10.3.